The van der Waals surface area contributed by atoms with Crippen molar-refractivity contribution in [3.63, 3.8) is 0 Å². The second kappa shape index (κ2) is 15.8. The fourth-order valence-electron chi connectivity index (χ4n) is 3.92. The van der Waals surface area contributed by atoms with Crippen LogP contribution in [-0.4, -0.2) is 72.7 Å². The summed E-state index contributed by atoms with van der Waals surface area (Å²) in [6, 6.07) is 13.3. The first-order valence-electron chi connectivity index (χ1n) is 13.0. The van der Waals surface area contributed by atoms with Crippen molar-refractivity contribution in [1.29, 1.82) is 0 Å². The van der Waals surface area contributed by atoms with Gasteiger partial charge in [-0.05, 0) is 63.9 Å². The summed E-state index contributed by atoms with van der Waals surface area (Å²) in [5.41, 5.74) is 7.92. The predicted octanol–water partition coefficient (Wildman–Crippen LogP) is 3.47. The lowest BCUT2D eigenvalue weighted by atomic mass is 10.2. The number of anilines is 2. The number of benzene rings is 1. The van der Waals surface area contributed by atoms with Crippen molar-refractivity contribution in [2.75, 3.05) is 57.1 Å². The first kappa shape index (κ1) is 28.3. The van der Waals surface area contributed by atoms with Crippen LogP contribution in [0.3, 0.4) is 0 Å². The third-order valence-electron chi connectivity index (χ3n) is 5.93. The fourth-order valence-corrected chi connectivity index (χ4v) is 3.92. The van der Waals surface area contributed by atoms with E-state index >= 15 is 0 Å². The van der Waals surface area contributed by atoms with Crippen molar-refractivity contribution in [2.24, 2.45) is 0 Å². The molecule has 3 aromatic rings. The summed E-state index contributed by atoms with van der Waals surface area (Å²) in [5, 5.41) is 12.7. The summed E-state index contributed by atoms with van der Waals surface area (Å²) in [4.78, 5) is 15.3. The largest absolute Gasteiger partial charge is 0.491 e. The van der Waals surface area contributed by atoms with E-state index in [9.17, 15) is 5.11 Å². The quantitative estimate of drug-likeness (QED) is 0.441. The lowest BCUT2D eigenvalue weighted by Crippen LogP contribution is -2.29. The van der Waals surface area contributed by atoms with Gasteiger partial charge in [0.1, 0.15) is 30.1 Å². The van der Waals surface area contributed by atoms with Gasteiger partial charge in [0.05, 0.1) is 0 Å². The molecule has 0 saturated carbocycles. The molecule has 0 aliphatic carbocycles. The molecule has 2 saturated heterocycles. The van der Waals surface area contributed by atoms with Gasteiger partial charge in [0.2, 0.25) is 0 Å². The number of ether oxygens (including phenoxy) is 2. The number of aliphatic hydroxyl groups excluding tert-OH is 1. The maximum absolute atomic E-state index is 9.79. The lowest BCUT2D eigenvalue weighted by Gasteiger charge is -2.20. The highest BCUT2D eigenvalue weighted by molar-refractivity contribution is 5.66. The molecular formula is C28H40N6O3. The van der Waals surface area contributed by atoms with Crippen molar-refractivity contribution in [3.8, 4) is 17.1 Å². The number of nitrogens with two attached hydrogens (primary N) is 1. The highest BCUT2D eigenvalue weighted by Crippen LogP contribution is 2.29. The van der Waals surface area contributed by atoms with E-state index in [1.165, 1.54) is 25.7 Å². The van der Waals surface area contributed by atoms with Crippen LogP contribution in [0.15, 0.2) is 54.9 Å². The molecule has 2 aliphatic rings. The van der Waals surface area contributed by atoms with Crippen LogP contribution < -0.4 is 20.7 Å². The predicted molar refractivity (Wildman–Crippen MR) is 148 cm³/mol. The Morgan fingerprint density at radius 3 is 2.35 bits per heavy atom. The lowest BCUT2D eigenvalue weighted by molar-refractivity contribution is 0.108. The summed E-state index contributed by atoms with van der Waals surface area (Å²) in [6.07, 6.45) is 7.85. The number of nitrogens with zero attached hydrogens (tertiary/aromatic N) is 4. The summed E-state index contributed by atoms with van der Waals surface area (Å²) in [6.45, 7) is 6.68. The number of pyridine rings is 1. The van der Waals surface area contributed by atoms with Gasteiger partial charge < -0.3 is 30.5 Å². The molecule has 0 radical (unpaired) electrons. The Hall–Kier alpha value is -3.27. The Balaban J connectivity index is 0.000000282. The summed E-state index contributed by atoms with van der Waals surface area (Å²) in [5.74, 6) is 2.69. The summed E-state index contributed by atoms with van der Waals surface area (Å²) < 4.78 is 10.6. The van der Waals surface area contributed by atoms with Crippen molar-refractivity contribution in [1.82, 2.24) is 20.3 Å². The molecule has 1 aromatic carbocycles. The van der Waals surface area contributed by atoms with E-state index in [1.54, 1.807) is 19.4 Å². The van der Waals surface area contributed by atoms with Crippen molar-refractivity contribution in [3.05, 3.63) is 60.4 Å². The summed E-state index contributed by atoms with van der Waals surface area (Å²) >= 11 is 0. The second-order valence-corrected chi connectivity index (χ2v) is 8.97. The van der Waals surface area contributed by atoms with Crippen LogP contribution in [0.5, 0.6) is 5.75 Å². The van der Waals surface area contributed by atoms with Gasteiger partial charge in [-0.15, -0.1) is 0 Å². The molecule has 2 fully saturated rings. The van der Waals surface area contributed by atoms with Crippen LogP contribution in [0.4, 0.5) is 11.6 Å². The monoisotopic (exact) mass is 508 g/mol. The molecule has 37 heavy (non-hydrogen) atoms. The maximum atomic E-state index is 9.79. The van der Waals surface area contributed by atoms with Gasteiger partial charge in [0.25, 0.3) is 0 Å². The van der Waals surface area contributed by atoms with Crippen LogP contribution >= 0.6 is 0 Å². The molecule has 200 valence electrons. The maximum Gasteiger partial charge on any atom is 0.164 e. The van der Waals surface area contributed by atoms with Gasteiger partial charge in [-0.1, -0.05) is 18.2 Å². The molecule has 0 bridgehead atoms. The molecule has 5 rings (SSSR count). The Morgan fingerprint density at radius 2 is 1.78 bits per heavy atom. The Kier molecular flexibility index (Phi) is 12.1. The zero-order valence-electron chi connectivity index (χ0n) is 22.0. The van der Waals surface area contributed by atoms with Crippen LogP contribution in [-0.2, 0) is 4.74 Å². The van der Waals surface area contributed by atoms with Gasteiger partial charge in [-0.25, -0.2) is 9.97 Å². The van der Waals surface area contributed by atoms with E-state index in [1.807, 2.05) is 49.4 Å². The van der Waals surface area contributed by atoms with Gasteiger partial charge >= 0.3 is 0 Å². The smallest absolute Gasteiger partial charge is 0.164 e. The average molecular weight is 509 g/mol. The Morgan fingerprint density at radius 1 is 1.05 bits per heavy atom. The number of nitrogen functional groups attached to an aromatic ring is 1. The van der Waals surface area contributed by atoms with Crippen LogP contribution in [0.2, 0.25) is 0 Å². The van der Waals surface area contributed by atoms with Gasteiger partial charge in [-0.2, -0.15) is 0 Å². The average Bonchev–Trinajstić information content (AvgIpc) is 3.68. The Labute approximate surface area is 220 Å². The number of hydrogen-bond donors (Lipinski definition) is 3. The highest BCUT2D eigenvalue weighted by atomic mass is 16.5. The molecule has 4 N–H and O–H groups in total. The standard InChI is InChI=1S/C19H27N5O2.C5H5N.C4H8O/c1-13-17(20)22-18(23-19(13)24-8-3-4-9-24)14-6-5-7-16(10-14)26-12-15(25)11-21-2;1-2-4-6-5-3-1;1-2-4-5-3-1/h5-7,10,15,21,25H,3-4,8-9,11-12H2,1-2H3,(H2,20,22,23);1-5H;1-4H2. The number of nitrogens with one attached hydrogen (secondary N) is 1. The van der Waals surface area contributed by atoms with Crippen LogP contribution in [0.25, 0.3) is 11.4 Å². The van der Waals surface area contributed by atoms with E-state index in [0.717, 1.165) is 43.2 Å². The molecule has 0 spiro atoms. The zero-order valence-corrected chi connectivity index (χ0v) is 22.0. The number of rotatable bonds is 7. The van der Waals surface area contributed by atoms with Crippen LogP contribution in [0.1, 0.15) is 31.2 Å². The van der Waals surface area contributed by atoms with E-state index in [4.69, 9.17) is 20.2 Å². The minimum Gasteiger partial charge on any atom is -0.491 e. The molecule has 9 heteroatoms. The van der Waals surface area contributed by atoms with Gasteiger partial charge in [0.15, 0.2) is 5.82 Å². The van der Waals surface area contributed by atoms with Crippen molar-refractivity contribution < 1.29 is 14.6 Å². The zero-order chi connectivity index (χ0) is 26.3. The number of aromatic nitrogens is 3. The number of likely N-dealkylation sites (N-methyl/N-ethyl adjacent to an activating group) is 1. The number of aliphatic hydroxyl groups is 1. The molecule has 0 amide bonds. The Bertz CT molecular complexity index is 1010. The topological polar surface area (TPSA) is 119 Å². The molecule has 4 heterocycles. The minimum absolute atomic E-state index is 0.222. The third-order valence-corrected chi connectivity index (χ3v) is 5.93. The second-order valence-electron chi connectivity index (χ2n) is 8.97. The summed E-state index contributed by atoms with van der Waals surface area (Å²) in [7, 11) is 1.79. The SMILES string of the molecule is C1CCOC1.CNCC(O)COc1cccc(-c2nc(N)c(C)c(N3CCCC3)n2)c1.c1ccncc1. The van der Waals surface area contributed by atoms with Gasteiger partial charge in [0, 0.05) is 56.4 Å². The first-order valence-corrected chi connectivity index (χ1v) is 13.0. The van der Waals surface area contributed by atoms with Crippen LogP contribution in [0, 0.1) is 6.92 Å². The minimum atomic E-state index is -0.559. The molecule has 2 aromatic heterocycles. The van der Waals surface area contributed by atoms with Crippen molar-refractivity contribution in [2.45, 2.75) is 38.7 Å². The molecular weight excluding hydrogens is 468 g/mol. The first-order chi connectivity index (χ1) is 18.1. The van der Waals surface area contributed by atoms with Gasteiger partial charge in [-0.3, -0.25) is 4.98 Å². The molecule has 2 aliphatic heterocycles. The van der Waals surface area contributed by atoms with Crippen molar-refractivity contribution >= 4 is 11.6 Å². The van der Waals surface area contributed by atoms with E-state index in [0.29, 0.717) is 23.9 Å². The van der Waals surface area contributed by atoms with E-state index < -0.39 is 6.10 Å². The molecule has 1 atom stereocenters. The normalized spacial score (nSPS) is 15.3. The van der Waals surface area contributed by atoms with E-state index in [2.05, 4.69) is 20.2 Å². The fraction of sp³-hybridized carbons (Fsp3) is 0.464. The highest BCUT2D eigenvalue weighted by Gasteiger charge is 2.19. The third kappa shape index (κ3) is 9.60. The molecule has 1 unspecified atom stereocenters. The molecule has 9 nitrogen and oxygen atoms in total. The number of hydrogen-bond acceptors (Lipinski definition) is 9. The van der Waals surface area contributed by atoms with E-state index in [-0.39, 0.29) is 6.61 Å².